The van der Waals surface area contributed by atoms with E-state index < -0.39 is 6.10 Å². The molecule has 0 radical (unpaired) electrons. The summed E-state index contributed by atoms with van der Waals surface area (Å²) >= 11 is 8.03. The average Bonchev–Trinajstić information content (AvgIpc) is 3.05. The third-order valence-corrected chi connectivity index (χ3v) is 4.40. The number of aliphatic hydroxyl groups is 1. The molecule has 1 aliphatic carbocycles. The maximum absolute atomic E-state index is 9.80. The molecule has 1 aromatic rings. The summed E-state index contributed by atoms with van der Waals surface area (Å²) in [6, 6.07) is 5.84. The Kier molecular flexibility index (Phi) is 4.14. The first-order valence-electron chi connectivity index (χ1n) is 5.49. The molecule has 1 atom stereocenters. The highest BCUT2D eigenvalue weighted by atomic mass is 35.5. The molecular weight excluding hydrogens is 242 g/mol. The van der Waals surface area contributed by atoms with Gasteiger partial charge in [-0.05, 0) is 37.6 Å². The number of aliphatic hydroxyl groups excluding tert-OH is 1. The van der Waals surface area contributed by atoms with Gasteiger partial charge in [-0.3, -0.25) is 0 Å². The van der Waals surface area contributed by atoms with E-state index in [1.165, 1.54) is 12.8 Å². The molecule has 0 amide bonds. The molecule has 2 rings (SSSR count). The lowest BCUT2D eigenvalue weighted by molar-refractivity contribution is 0.177. The molecule has 0 aliphatic heterocycles. The molecule has 0 spiro atoms. The lowest BCUT2D eigenvalue weighted by atomic mass is 10.1. The first kappa shape index (κ1) is 12.2. The summed E-state index contributed by atoms with van der Waals surface area (Å²) in [6.45, 7) is 0.547. The minimum Gasteiger partial charge on any atom is -0.387 e. The van der Waals surface area contributed by atoms with Crippen LogP contribution >= 0.6 is 23.4 Å². The van der Waals surface area contributed by atoms with E-state index in [2.05, 4.69) is 5.32 Å². The molecule has 4 heteroatoms. The van der Waals surface area contributed by atoms with Gasteiger partial charge in [0, 0.05) is 16.7 Å². The number of rotatable bonds is 5. The summed E-state index contributed by atoms with van der Waals surface area (Å²) in [6.07, 6.45) is 2.11. The van der Waals surface area contributed by atoms with Gasteiger partial charge in [0.25, 0.3) is 0 Å². The van der Waals surface area contributed by atoms with E-state index in [1.54, 1.807) is 0 Å². The smallest absolute Gasteiger partial charge is 0.0914 e. The SMILES string of the molecule is CNCC(O)c1ccc(SC2CC2)c(Cl)c1. The van der Waals surface area contributed by atoms with Crippen LogP contribution in [0.5, 0.6) is 0 Å². The van der Waals surface area contributed by atoms with Crippen molar-refractivity contribution in [1.82, 2.24) is 5.32 Å². The van der Waals surface area contributed by atoms with E-state index in [4.69, 9.17) is 11.6 Å². The van der Waals surface area contributed by atoms with Gasteiger partial charge in [-0.25, -0.2) is 0 Å². The molecule has 1 unspecified atom stereocenters. The Hall–Kier alpha value is -0.220. The van der Waals surface area contributed by atoms with Crippen molar-refractivity contribution < 1.29 is 5.11 Å². The van der Waals surface area contributed by atoms with Crippen LogP contribution in [0.2, 0.25) is 5.02 Å². The summed E-state index contributed by atoms with van der Waals surface area (Å²) in [5, 5.41) is 14.3. The van der Waals surface area contributed by atoms with Crippen LogP contribution in [0.25, 0.3) is 0 Å². The highest BCUT2D eigenvalue weighted by Crippen LogP contribution is 2.42. The number of benzene rings is 1. The Bertz CT molecular complexity index is 368. The Morgan fingerprint density at radius 1 is 1.56 bits per heavy atom. The summed E-state index contributed by atoms with van der Waals surface area (Å²) in [4.78, 5) is 1.13. The van der Waals surface area contributed by atoms with Crippen LogP contribution in [-0.2, 0) is 0 Å². The van der Waals surface area contributed by atoms with Crippen LogP contribution in [0, 0.1) is 0 Å². The van der Waals surface area contributed by atoms with Gasteiger partial charge in [0.1, 0.15) is 0 Å². The van der Waals surface area contributed by atoms with E-state index in [0.717, 1.165) is 20.7 Å². The average molecular weight is 258 g/mol. The number of likely N-dealkylation sites (N-methyl/N-ethyl adjacent to an activating group) is 1. The zero-order valence-electron chi connectivity index (χ0n) is 9.24. The van der Waals surface area contributed by atoms with Gasteiger partial charge in [-0.1, -0.05) is 17.7 Å². The standard InChI is InChI=1S/C12H16ClNOS/c1-14-7-11(15)8-2-5-12(10(13)6-8)16-9-3-4-9/h2,5-6,9,11,14-15H,3-4,7H2,1H3. The van der Waals surface area contributed by atoms with E-state index in [9.17, 15) is 5.11 Å². The van der Waals surface area contributed by atoms with Crippen LogP contribution in [0.4, 0.5) is 0 Å². The molecule has 16 heavy (non-hydrogen) atoms. The van der Waals surface area contributed by atoms with Crippen LogP contribution in [-0.4, -0.2) is 23.9 Å². The molecule has 88 valence electrons. The van der Waals surface area contributed by atoms with E-state index in [-0.39, 0.29) is 0 Å². The number of hydrogen-bond acceptors (Lipinski definition) is 3. The highest BCUT2D eigenvalue weighted by Gasteiger charge is 2.23. The minimum absolute atomic E-state index is 0.484. The molecule has 1 saturated carbocycles. The Morgan fingerprint density at radius 3 is 2.88 bits per heavy atom. The molecule has 0 saturated heterocycles. The van der Waals surface area contributed by atoms with E-state index in [0.29, 0.717) is 6.54 Å². The summed E-state index contributed by atoms with van der Waals surface area (Å²) in [5.74, 6) is 0. The van der Waals surface area contributed by atoms with Gasteiger partial charge in [-0.15, -0.1) is 11.8 Å². The molecule has 2 nitrogen and oxygen atoms in total. The molecule has 1 fully saturated rings. The van der Waals surface area contributed by atoms with Crippen molar-refractivity contribution in [3.8, 4) is 0 Å². The lowest BCUT2D eigenvalue weighted by Gasteiger charge is -2.12. The second kappa shape index (κ2) is 5.41. The first-order valence-corrected chi connectivity index (χ1v) is 6.75. The third kappa shape index (κ3) is 3.14. The summed E-state index contributed by atoms with van der Waals surface area (Å²) in [7, 11) is 1.82. The van der Waals surface area contributed by atoms with Crippen LogP contribution in [0.1, 0.15) is 24.5 Å². The lowest BCUT2D eigenvalue weighted by Crippen LogP contribution is -2.16. The maximum atomic E-state index is 9.80. The van der Waals surface area contributed by atoms with Gasteiger partial charge in [0.2, 0.25) is 0 Å². The van der Waals surface area contributed by atoms with Crippen molar-refractivity contribution >= 4 is 23.4 Å². The monoisotopic (exact) mass is 257 g/mol. The second-order valence-corrected chi connectivity index (χ2v) is 5.83. The van der Waals surface area contributed by atoms with Crippen molar-refractivity contribution in [2.75, 3.05) is 13.6 Å². The summed E-state index contributed by atoms with van der Waals surface area (Å²) in [5.41, 5.74) is 0.875. The topological polar surface area (TPSA) is 32.3 Å². The molecule has 1 aliphatic rings. The maximum Gasteiger partial charge on any atom is 0.0914 e. The number of halogens is 1. The second-order valence-electron chi connectivity index (χ2n) is 4.08. The Morgan fingerprint density at radius 2 is 2.31 bits per heavy atom. The van der Waals surface area contributed by atoms with Crippen molar-refractivity contribution in [2.45, 2.75) is 29.1 Å². The van der Waals surface area contributed by atoms with Gasteiger partial charge in [0.05, 0.1) is 11.1 Å². The highest BCUT2D eigenvalue weighted by molar-refractivity contribution is 8.00. The summed E-state index contributed by atoms with van der Waals surface area (Å²) < 4.78 is 0. The van der Waals surface area contributed by atoms with Gasteiger partial charge < -0.3 is 10.4 Å². The molecular formula is C12H16ClNOS. The number of nitrogens with one attached hydrogen (secondary N) is 1. The van der Waals surface area contributed by atoms with Crippen molar-refractivity contribution in [3.05, 3.63) is 28.8 Å². The van der Waals surface area contributed by atoms with Crippen LogP contribution < -0.4 is 5.32 Å². The zero-order valence-corrected chi connectivity index (χ0v) is 10.8. The fraction of sp³-hybridized carbons (Fsp3) is 0.500. The fourth-order valence-electron chi connectivity index (χ4n) is 1.50. The van der Waals surface area contributed by atoms with Crippen LogP contribution in [0.3, 0.4) is 0 Å². The predicted molar refractivity (Wildman–Crippen MR) is 69.2 cm³/mol. The van der Waals surface area contributed by atoms with E-state index >= 15 is 0 Å². The van der Waals surface area contributed by atoms with Crippen molar-refractivity contribution in [1.29, 1.82) is 0 Å². The molecule has 2 N–H and O–H groups in total. The normalized spacial score (nSPS) is 17.4. The molecule has 0 aromatic heterocycles. The van der Waals surface area contributed by atoms with Crippen molar-refractivity contribution in [2.24, 2.45) is 0 Å². The number of thioether (sulfide) groups is 1. The van der Waals surface area contributed by atoms with Gasteiger partial charge >= 0.3 is 0 Å². The third-order valence-electron chi connectivity index (χ3n) is 2.56. The van der Waals surface area contributed by atoms with Crippen molar-refractivity contribution in [3.63, 3.8) is 0 Å². The fourth-order valence-corrected chi connectivity index (χ4v) is 2.87. The molecule has 0 bridgehead atoms. The number of hydrogen-bond donors (Lipinski definition) is 2. The molecule has 0 heterocycles. The van der Waals surface area contributed by atoms with Gasteiger partial charge in [-0.2, -0.15) is 0 Å². The predicted octanol–water partition coefficient (Wildman–Crippen LogP) is 2.85. The Labute approximate surface area is 105 Å². The van der Waals surface area contributed by atoms with Crippen LogP contribution in [0.15, 0.2) is 23.1 Å². The largest absolute Gasteiger partial charge is 0.387 e. The molecule has 1 aromatic carbocycles. The first-order chi connectivity index (χ1) is 7.70. The van der Waals surface area contributed by atoms with Gasteiger partial charge in [0.15, 0.2) is 0 Å². The Balaban J connectivity index is 2.08. The van der Waals surface area contributed by atoms with E-state index in [1.807, 2.05) is 37.0 Å². The quantitative estimate of drug-likeness (QED) is 0.851. The minimum atomic E-state index is -0.484. The zero-order chi connectivity index (χ0) is 11.5.